The molecule has 0 saturated carbocycles. The lowest BCUT2D eigenvalue weighted by atomic mass is 10.2. The van der Waals surface area contributed by atoms with Crippen LogP contribution in [0.2, 0.25) is 5.02 Å². The molecule has 3 rings (SSSR count). The average Bonchev–Trinajstić information content (AvgIpc) is 2.75. The Morgan fingerprint density at radius 3 is 2.34 bits per heavy atom. The van der Waals surface area contributed by atoms with Gasteiger partial charge in [0.25, 0.3) is 5.91 Å². The first-order valence-electron chi connectivity index (χ1n) is 9.12. The second-order valence-corrected chi connectivity index (χ2v) is 6.73. The molecule has 0 saturated heterocycles. The lowest BCUT2D eigenvalue weighted by molar-refractivity contribution is -0.127. The van der Waals surface area contributed by atoms with Gasteiger partial charge in [0, 0.05) is 5.02 Å². The van der Waals surface area contributed by atoms with Gasteiger partial charge in [-0.05, 0) is 66.6 Å². The summed E-state index contributed by atoms with van der Waals surface area (Å²) in [6.07, 6.45) is 0.871. The highest BCUT2D eigenvalue weighted by Gasteiger charge is 2.13. The number of rotatable bonds is 8. The van der Waals surface area contributed by atoms with Gasteiger partial charge < -0.3 is 9.47 Å². The van der Waals surface area contributed by atoms with E-state index < -0.39 is 6.10 Å². The Kier molecular flexibility index (Phi) is 7.25. The number of amides is 1. The smallest absolute Gasteiger partial charge is 0.280 e. The van der Waals surface area contributed by atoms with Gasteiger partial charge in [-0.1, -0.05) is 41.9 Å². The summed E-state index contributed by atoms with van der Waals surface area (Å²) >= 11 is 5.83. The predicted molar refractivity (Wildman–Crippen MR) is 114 cm³/mol. The van der Waals surface area contributed by atoms with Crippen LogP contribution in [0.15, 0.2) is 84.0 Å². The van der Waals surface area contributed by atoms with Crippen LogP contribution in [-0.4, -0.2) is 18.2 Å². The molecule has 1 unspecified atom stereocenters. The number of hydrazone groups is 1. The topological polar surface area (TPSA) is 59.9 Å². The minimum absolute atomic E-state index is 0.348. The van der Waals surface area contributed by atoms with Gasteiger partial charge in [-0.25, -0.2) is 5.43 Å². The van der Waals surface area contributed by atoms with Crippen molar-refractivity contribution in [3.63, 3.8) is 0 Å². The molecule has 1 amide bonds. The molecule has 0 spiro atoms. The number of nitrogens with zero attached hydrogens (tertiary/aromatic N) is 1. The van der Waals surface area contributed by atoms with E-state index in [0.717, 1.165) is 16.9 Å². The van der Waals surface area contributed by atoms with Crippen molar-refractivity contribution in [2.45, 2.75) is 19.6 Å². The maximum absolute atomic E-state index is 12.1. The third-order valence-corrected chi connectivity index (χ3v) is 4.26. The lowest BCUT2D eigenvalue weighted by Gasteiger charge is -2.12. The van der Waals surface area contributed by atoms with Gasteiger partial charge in [-0.2, -0.15) is 5.10 Å². The summed E-state index contributed by atoms with van der Waals surface area (Å²) < 4.78 is 11.3. The zero-order chi connectivity index (χ0) is 20.5. The molecule has 29 heavy (non-hydrogen) atoms. The van der Waals surface area contributed by atoms with E-state index in [4.69, 9.17) is 21.1 Å². The molecule has 1 atom stereocenters. The summed E-state index contributed by atoms with van der Waals surface area (Å²) in [6, 6.07) is 24.2. The van der Waals surface area contributed by atoms with Crippen LogP contribution in [0, 0.1) is 0 Å². The molecular formula is C23H21ClN2O3. The van der Waals surface area contributed by atoms with Gasteiger partial charge in [0.15, 0.2) is 6.10 Å². The van der Waals surface area contributed by atoms with Crippen molar-refractivity contribution < 1.29 is 14.3 Å². The molecule has 0 heterocycles. The summed E-state index contributed by atoms with van der Waals surface area (Å²) in [5, 5.41) is 4.58. The van der Waals surface area contributed by atoms with E-state index in [9.17, 15) is 4.79 Å². The van der Waals surface area contributed by atoms with Crippen molar-refractivity contribution in [3.8, 4) is 11.5 Å². The van der Waals surface area contributed by atoms with Crippen molar-refractivity contribution in [3.05, 3.63) is 95.0 Å². The Morgan fingerprint density at radius 2 is 1.66 bits per heavy atom. The number of halogens is 1. The maximum atomic E-state index is 12.1. The van der Waals surface area contributed by atoms with E-state index in [1.165, 1.54) is 0 Å². The minimum atomic E-state index is -0.693. The number of nitrogens with one attached hydrogen (secondary N) is 1. The Balaban J connectivity index is 1.45. The summed E-state index contributed by atoms with van der Waals surface area (Å²) in [5.41, 5.74) is 4.42. The van der Waals surface area contributed by atoms with Crippen LogP contribution < -0.4 is 14.9 Å². The number of hydrogen-bond acceptors (Lipinski definition) is 4. The van der Waals surface area contributed by atoms with Gasteiger partial charge in [-0.3, -0.25) is 4.79 Å². The zero-order valence-electron chi connectivity index (χ0n) is 15.9. The van der Waals surface area contributed by atoms with E-state index in [2.05, 4.69) is 10.5 Å². The standard InChI is InChI=1S/C23H21ClN2O3/c1-17(29-22-13-9-20(24)10-14-22)23(27)26-25-15-18-7-11-21(12-8-18)28-16-19-5-3-2-4-6-19/h2-15,17H,16H2,1H3,(H,26,27). The van der Waals surface area contributed by atoms with Crippen LogP contribution in [0.3, 0.4) is 0 Å². The van der Waals surface area contributed by atoms with Crippen LogP contribution in [-0.2, 0) is 11.4 Å². The molecule has 0 aliphatic carbocycles. The zero-order valence-corrected chi connectivity index (χ0v) is 16.7. The fourth-order valence-electron chi connectivity index (χ4n) is 2.42. The van der Waals surface area contributed by atoms with Gasteiger partial charge in [0.05, 0.1) is 6.21 Å². The van der Waals surface area contributed by atoms with Crippen LogP contribution in [0.1, 0.15) is 18.1 Å². The van der Waals surface area contributed by atoms with Gasteiger partial charge in [0.1, 0.15) is 18.1 Å². The monoisotopic (exact) mass is 408 g/mol. The van der Waals surface area contributed by atoms with Gasteiger partial charge in [-0.15, -0.1) is 0 Å². The van der Waals surface area contributed by atoms with E-state index in [1.54, 1.807) is 37.4 Å². The van der Waals surface area contributed by atoms with Crippen LogP contribution in [0.25, 0.3) is 0 Å². The van der Waals surface area contributed by atoms with Crippen molar-refractivity contribution >= 4 is 23.7 Å². The molecule has 3 aromatic carbocycles. The summed E-state index contributed by atoms with van der Waals surface area (Å²) in [4.78, 5) is 12.1. The largest absolute Gasteiger partial charge is 0.489 e. The molecular weight excluding hydrogens is 388 g/mol. The summed E-state index contributed by atoms with van der Waals surface area (Å²) in [5.74, 6) is 0.978. The van der Waals surface area contributed by atoms with Gasteiger partial charge in [0.2, 0.25) is 0 Å². The first kappa shape index (κ1) is 20.4. The molecule has 0 aliphatic rings. The quantitative estimate of drug-likeness (QED) is 0.428. The van der Waals surface area contributed by atoms with E-state index in [1.807, 2.05) is 54.6 Å². The SMILES string of the molecule is CC(Oc1ccc(Cl)cc1)C(=O)NN=Cc1ccc(OCc2ccccc2)cc1. The highest BCUT2D eigenvalue weighted by Crippen LogP contribution is 2.17. The molecule has 0 fully saturated rings. The number of carbonyl (C=O) groups is 1. The van der Waals surface area contributed by atoms with Crippen molar-refractivity contribution in [2.24, 2.45) is 5.10 Å². The Labute approximate surface area is 174 Å². The number of benzene rings is 3. The van der Waals surface area contributed by atoms with Crippen molar-refractivity contribution in [1.29, 1.82) is 0 Å². The molecule has 148 valence electrons. The van der Waals surface area contributed by atoms with Crippen molar-refractivity contribution in [2.75, 3.05) is 0 Å². The molecule has 5 nitrogen and oxygen atoms in total. The van der Waals surface area contributed by atoms with E-state index in [-0.39, 0.29) is 5.91 Å². The number of carbonyl (C=O) groups excluding carboxylic acids is 1. The average molecular weight is 409 g/mol. The molecule has 3 aromatic rings. The normalized spacial score (nSPS) is 11.8. The predicted octanol–water partition coefficient (Wildman–Crippen LogP) is 4.84. The molecule has 0 bridgehead atoms. The van der Waals surface area contributed by atoms with Crippen LogP contribution >= 0.6 is 11.6 Å². The Morgan fingerprint density at radius 1 is 1.00 bits per heavy atom. The second-order valence-electron chi connectivity index (χ2n) is 6.29. The van der Waals surface area contributed by atoms with Crippen molar-refractivity contribution in [1.82, 2.24) is 5.43 Å². The highest BCUT2D eigenvalue weighted by molar-refractivity contribution is 6.30. The van der Waals surface area contributed by atoms with Gasteiger partial charge >= 0.3 is 0 Å². The number of hydrogen-bond donors (Lipinski definition) is 1. The molecule has 0 aliphatic heterocycles. The molecule has 1 N–H and O–H groups in total. The summed E-state index contributed by atoms with van der Waals surface area (Å²) in [6.45, 7) is 2.16. The highest BCUT2D eigenvalue weighted by atomic mass is 35.5. The first-order valence-corrected chi connectivity index (χ1v) is 9.50. The molecule has 0 aromatic heterocycles. The summed E-state index contributed by atoms with van der Waals surface area (Å²) in [7, 11) is 0. The van der Waals surface area contributed by atoms with E-state index >= 15 is 0 Å². The Bertz CT molecular complexity index is 942. The molecule has 6 heteroatoms. The molecule has 0 radical (unpaired) electrons. The maximum Gasteiger partial charge on any atom is 0.280 e. The third-order valence-electron chi connectivity index (χ3n) is 4.01. The number of ether oxygens (including phenoxy) is 2. The van der Waals surface area contributed by atoms with E-state index in [0.29, 0.717) is 17.4 Å². The first-order chi connectivity index (χ1) is 14.1. The van der Waals surface area contributed by atoms with Crippen LogP contribution in [0.5, 0.6) is 11.5 Å². The fourth-order valence-corrected chi connectivity index (χ4v) is 2.55. The third kappa shape index (κ3) is 6.66. The Hall–Kier alpha value is -3.31. The van der Waals surface area contributed by atoms with Crippen LogP contribution in [0.4, 0.5) is 0 Å². The minimum Gasteiger partial charge on any atom is -0.489 e. The fraction of sp³-hybridized carbons (Fsp3) is 0.130. The second kappa shape index (κ2) is 10.3. The lowest BCUT2D eigenvalue weighted by Crippen LogP contribution is -2.33.